The van der Waals surface area contributed by atoms with Gasteiger partial charge >= 0.3 is 0 Å². The lowest BCUT2D eigenvalue weighted by atomic mass is 9.96. The molecule has 1 N–H and O–H groups in total. The third kappa shape index (κ3) is 3.55. The van der Waals surface area contributed by atoms with Gasteiger partial charge in [0.15, 0.2) is 11.0 Å². The van der Waals surface area contributed by atoms with Gasteiger partial charge in [-0.05, 0) is 5.56 Å². The molecule has 138 valence electrons. The second-order valence-electron chi connectivity index (χ2n) is 6.31. The fourth-order valence-corrected chi connectivity index (χ4v) is 4.45. The molecule has 2 aliphatic rings. The first-order valence-electron chi connectivity index (χ1n) is 8.63. The van der Waals surface area contributed by atoms with Crippen molar-refractivity contribution in [2.75, 3.05) is 38.3 Å². The second kappa shape index (κ2) is 7.65. The molecule has 1 unspecified atom stereocenters. The summed E-state index contributed by atoms with van der Waals surface area (Å²) in [6.45, 7) is 3.97. The zero-order chi connectivity index (χ0) is 17.9. The zero-order valence-corrected chi connectivity index (χ0v) is 15.4. The highest BCUT2D eigenvalue weighted by Gasteiger charge is 2.30. The summed E-state index contributed by atoms with van der Waals surface area (Å²) in [5.74, 6) is 0.582. The van der Waals surface area contributed by atoms with Crippen LogP contribution in [0.3, 0.4) is 0 Å². The number of nitrogens with zero attached hydrogens (tertiary/aromatic N) is 4. The first kappa shape index (κ1) is 17.3. The molecule has 4 rings (SSSR count). The molecule has 26 heavy (non-hydrogen) atoms. The number of amides is 1. The first-order valence-corrected chi connectivity index (χ1v) is 9.45. The average molecular weight is 375 g/mol. The van der Waals surface area contributed by atoms with E-state index in [9.17, 15) is 4.79 Å². The van der Waals surface area contributed by atoms with Crippen molar-refractivity contribution in [3.63, 3.8) is 0 Å². The smallest absolute Gasteiger partial charge is 0.221 e. The van der Waals surface area contributed by atoms with Crippen molar-refractivity contribution >= 4 is 22.4 Å². The number of rotatable bonds is 4. The highest BCUT2D eigenvalue weighted by atomic mass is 32.1. The van der Waals surface area contributed by atoms with Crippen LogP contribution in [0.15, 0.2) is 12.4 Å². The van der Waals surface area contributed by atoms with E-state index in [1.165, 1.54) is 0 Å². The van der Waals surface area contributed by atoms with Crippen molar-refractivity contribution in [3.05, 3.63) is 34.4 Å². The van der Waals surface area contributed by atoms with E-state index in [2.05, 4.69) is 20.2 Å². The standard InChI is InChI=1S/C17H21N5O3S/c1-24-10-14-18-7-11(8-19-14)12-6-15(23)20-9-13-16(12)26-17(21-13)22-2-4-25-5-3-22/h7-8,12H,2-6,9-10H2,1H3,(H,20,23). The van der Waals surface area contributed by atoms with Gasteiger partial charge in [0.1, 0.15) is 6.61 Å². The number of morpholine rings is 1. The van der Waals surface area contributed by atoms with Crippen LogP contribution in [0.1, 0.15) is 34.3 Å². The van der Waals surface area contributed by atoms with Crippen LogP contribution >= 0.6 is 11.3 Å². The second-order valence-corrected chi connectivity index (χ2v) is 7.31. The van der Waals surface area contributed by atoms with E-state index in [4.69, 9.17) is 14.5 Å². The summed E-state index contributed by atoms with van der Waals surface area (Å²) in [6, 6.07) is 0. The molecule has 9 heteroatoms. The van der Waals surface area contributed by atoms with Crippen molar-refractivity contribution in [1.82, 2.24) is 20.3 Å². The molecule has 0 saturated carbocycles. The molecule has 8 nitrogen and oxygen atoms in total. The molecule has 0 spiro atoms. The van der Waals surface area contributed by atoms with Crippen molar-refractivity contribution in [1.29, 1.82) is 0 Å². The number of methoxy groups -OCH3 is 1. The quantitative estimate of drug-likeness (QED) is 0.855. The van der Waals surface area contributed by atoms with Gasteiger partial charge in [0, 0.05) is 49.8 Å². The van der Waals surface area contributed by atoms with E-state index in [-0.39, 0.29) is 11.8 Å². The summed E-state index contributed by atoms with van der Waals surface area (Å²) in [5, 5.41) is 3.95. The number of hydrogen-bond donors (Lipinski definition) is 1. The van der Waals surface area contributed by atoms with Crippen LogP contribution in [0, 0.1) is 0 Å². The molecule has 0 bridgehead atoms. The lowest BCUT2D eigenvalue weighted by Crippen LogP contribution is -2.36. The molecule has 1 amide bonds. The Morgan fingerprint density at radius 3 is 2.85 bits per heavy atom. The van der Waals surface area contributed by atoms with Gasteiger partial charge in [-0.1, -0.05) is 0 Å². The molecule has 0 aromatic carbocycles. The Bertz CT molecular complexity index is 773. The van der Waals surface area contributed by atoms with Gasteiger partial charge < -0.3 is 19.7 Å². The highest BCUT2D eigenvalue weighted by Crippen LogP contribution is 2.39. The Balaban J connectivity index is 1.65. The van der Waals surface area contributed by atoms with Gasteiger partial charge in [-0.15, -0.1) is 11.3 Å². The Labute approximate surface area is 155 Å². The maximum absolute atomic E-state index is 12.2. The zero-order valence-electron chi connectivity index (χ0n) is 14.6. The number of thiazole rings is 1. The van der Waals surface area contributed by atoms with Crippen LogP contribution in [0.2, 0.25) is 0 Å². The number of fused-ring (bicyclic) bond motifs is 1. The van der Waals surface area contributed by atoms with Crippen LogP contribution in [0.25, 0.3) is 0 Å². The van der Waals surface area contributed by atoms with Gasteiger partial charge in [0.25, 0.3) is 0 Å². The number of hydrogen-bond acceptors (Lipinski definition) is 8. The van der Waals surface area contributed by atoms with Crippen molar-refractivity contribution in [2.45, 2.75) is 25.5 Å². The summed E-state index contributed by atoms with van der Waals surface area (Å²) < 4.78 is 10.5. The van der Waals surface area contributed by atoms with Crippen LogP contribution in [-0.4, -0.2) is 54.3 Å². The summed E-state index contributed by atoms with van der Waals surface area (Å²) >= 11 is 1.66. The van der Waals surface area contributed by atoms with Crippen LogP contribution in [0.4, 0.5) is 5.13 Å². The van der Waals surface area contributed by atoms with E-state index >= 15 is 0 Å². The Kier molecular flexibility index (Phi) is 5.09. The molecule has 0 aliphatic carbocycles. The third-order valence-corrected chi connectivity index (χ3v) is 5.83. The van der Waals surface area contributed by atoms with Crippen molar-refractivity contribution in [2.24, 2.45) is 0 Å². The van der Waals surface area contributed by atoms with E-state index < -0.39 is 0 Å². The van der Waals surface area contributed by atoms with Crippen LogP contribution < -0.4 is 10.2 Å². The maximum atomic E-state index is 12.2. The molecule has 2 aliphatic heterocycles. The molecule has 4 heterocycles. The predicted octanol–water partition coefficient (Wildman–Crippen LogP) is 1.07. The van der Waals surface area contributed by atoms with Gasteiger partial charge in [-0.25, -0.2) is 15.0 Å². The fourth-order valence-electron chi connectivity index (χ4n) is 3.19. The lowest BCUT2D eigenvalue weighted by molar-refractivity contribution is -0.121. The Morgan fingerprint density at radius 2 is 2.12 bits per heavy atom. The first-order chi connectivity index (χ1) is 12.7. The monoisotopic (exact) mass is 375 g/mol. The molecule has 1 saturated heterocycles. The number of nitrogens with one attached hydrogen (secondary N) is 1. The normalized spacial score (nSPS) is 20.4. The fraction of sp³-hybridized carbons (Fsp3) is 0.529. The molecule has 1 atom stereocenters. The summed E-state index contributed by atoms with van der Waals surface area (Å²) in [4.78, 5) is 29.1. The van der Waals surface area contributed by atoms with Crippen molar-refractivity contribution in [3.8, 4) is 0 Å². The van der Waals surface area contributed by atoms with Crippen molar-refractivity contribution < 1.29 is 14.3 Å². The van der Waals surface area contributed by atoms with E-state index in [1.54, 1.807) is 30.8 Å². The molecular weight excluding hydrogens is 354 g/mol. The minimum atomic E-state index is -0.0728. The minimum absolute atomic E-state index is 0.0223. The lowest BCUT2D eigenvalue weighted by Gasteiger charge is -2.26. The SMILES string of the molecule is COCc1ncc(C2CC(=O)NCc3nc(N4CCOCC4)sc32)cn1. The number of carbonyl (C=O) groups is 1. The van der Waals surface area contributed by atoms with E-state index in [0.717, 1.165) is 47.6 Å². The average Bonchev–Trinajstić information content (AvgIpc) is 3.04. The van der Waals surface area contributed by atoms with Crippen LogP contribution in [0.5, 0.6) is 0 Å². The number of aromatic nitrogens is 3. The topological polar surface area (TPSA) is 89.5 Å². The number of carbonyl (C=O) groups excluding carboxylic acids is 1. The molecule has 2 aromatic heterocycles. The highest BCUT2D eigenvalue weighted by molar-refractivity contribution is 7.15. The molecule has 0 radical (unpaired) electrons. The van der Waals surface area contributed by atoms with Gasteiger partial charge in [0.2, 0.25) is 5.91 Å². The summed E-state index contributed by atoms with van der Waals surface area (Å²) in [6.07, 6.45) is 3.97. The number of ether oxygens (including phenoxy) is 2. The Hall–Kier alpha value is -2.10. The number of anilines is 1. The maximum Gasteiger partial charge on any atom is 0.221 e. The van der Waals surface area contributed by atoms with E-state index in [0.29, 0.717) is 25.4 Å². The third-order valence-electron chi connectivity index (χ3n) is 4.56. The van der Waals surface area contributed by atoms with Gasteiger partial charge in [-0.2, -0.15) is 0 Å². The Morgan fingerprint density at radius 1 is 1.35 bits per heavy atom. The minimum Gasteiger partial charge on any atom is -0.378 e. The molecular formula is C17H21N5O3S. The molecule has 1 fully saturated rings. The summed E-state index contributed by atoms with van der Waals surface area (Å²) in [5.41, 5.74) is 1.87. The van der Waals surface area contributed by atoms with E-state index in [1.807, 2.05) is 0 Å². The molecule has 2 aromatic rings. The van der Waals surface area contributed by atoms with Gasteiger partial charge in [-0.3, -0.25) is 4.79 Å². The van der Waals surface area contributed by atoms with Gasteiger partial charge in [0.05, 0.1) is 25.5 Å². The predicted molar refractivity (Wildman–Crippen MR) is 96.2 cm³/mol. The largest absolute Gasteiger partial charge is 0.378 e. The summed E-state index contributed by atoms with van der Waals surface area (Å²) in [7, 11) is 1.61. The van der Waals surface area contributed by atoms with Crippen LogP contribution in [-0.2, 0) is 27.4 Å².